The summed E-state index contributed by atoms with van der Waals surface area (Å²) in [4.78, 5) is 4.25. The second-order valence-electron chi connectivity index (χ2n) is 4.02. The molecule has 1 N–H and O–H groups in total. The maximum atomic E-state index is 10.2. The largest absolute Gasteiger partial charge is 0.382 e. The summed E-state index contributed by atoms with van der Waals surface area (Å²) in [6, 6.07) is 11.7. The van der Waals surface area contributed by atoms with E-state index in [1.807, 2.05) is 50.2 Å². The third kappa shape index (κ3) is 2.12. The Kier molecular flexibility index (Phi) is 3.02. The third-order valence-electron chi connectivity index (χ3n) is 2.70. The summed E-state index contributed by atoms with van der Waals surface area (Å²) in [6.45, 7) is 3.98. The van der Waals surface area contributed by atoms with Gasteiger partial charge in [-0.25, -0.2) is 0 Å². The first-order chi connectivity index (χ1) is 7.68. The van der Waals surface area contributed by atoms with Crippen LogP contribution in [0.3, 0.4) is 0 Å². The Hall–Kier alpha value is -1.67. The number of aliphatic hydroxyl groups excluding tert-OH is 1. The normalized spacial score (nSPS) is 12.4. The van der Waals surface area contributed by atoms with Crippen molar-refractivity contribution < 1.29 is 5.11 Å². The van der Waals surface area contributed by atoms with E-state index in [9.17, 15) is 5.11 Å². The molecule has 1 unspecified atom stereocenters. The minimum atomic E-state index is -0.637. The molecule has 0 saturated carbocycles. The zero-order valence-corrected chi connectivity index (χ0v) is 9.51. The summed E-state index contributed by atoms with van der Waals surface area (Å²) in [5.74, 6) is 0. The summed E-state index contributed by atoms with van der Waals surface area (Å²) >= 11 is 0. The standard InChI is InChI=1S/C14H15NO/c1-10-7-8-13(15-9-10)14(16)12-6-4-3-5-11(12)2/h3-9,14,16H,1-2H3. The molecule has 1 heterocycles. The predicted molar refractivity (Wildman–Crippen MR) is 64.2 cm³/mol. The van der Waals surface area contributed by atoms with Crippen LogP contribution in [0.5, 0.6) is 0 Å². The number of hydrogen-bond acceptors (Lipinski definition) is 2. The average Bonchev–Trinajstić information content (AvgIpc) is 2.30. The summed E-state index contributed by atoms with van der Waals surface area (Å²) in [5, 5.41) is 10.2. The molecule has 16 heavy (non-hydrogen) atoms. The van der Waals surface area contributed by atoms with E-state index < -0.39 is 6.10 Å². The molecule has 2 aromatic rings. The molecule has 0 spiro atoms. The van der Waals surface area contributed by atoms with E-state index in [2.05, 4.69) is 4.98 Å². The Morgan fingerprint density at radius 2 is 1.81 bits per heavy atom. The van der Waals surface area contributed by atoms with Crippen molar-refractivity contribution in [3.05, 3.63) is 65.0 Å². The minimum Gasteiger partial charge on any atom is -0.382 e. The van der Waals surface area contributed by atoms with E-state index in [0.29, 0.717) is 5.69 Å². The molecule has 1 aromatic carbocycles. The van der Waals surface area contributed by atoms with Crippen molar-refractivity contribution in [2.75, 3.05) is 0 Å². The molecule has 0 aliphatic carbocycles. The number of aliphatic hydroxyl groups is 1. The molecule has 0 aliphatic rings. The first kappa shape index (κ1) is 10.8. The van der Waals surface area contributed by atoms with E-state index in [-0.39, 0.29) is 0 Å². The van der Waals surface area contributed by atoms with E-state index in [0.717, 1.165) is 16.7 Å². The van der Waals surface area contributed by atoms with Crippen LogP contribution in [-0.2, 0) is 0 Å². The Morgan fingerprint density at radius 3 is 2.44 bits per heavy atom. The van der Waals surface area contributed by atoms with Crippen LogP contribution in [0.15, 0.2) is 42.6 Å². The summed E-state index contributed by atoms with van der Waals surface area (Å²) < 4.78 is 0. The van der Waals surface area contributed by atoms with Gasteiger partial charge in [0.15, 0.2) is 0 Å². The van der Waals surface area contributed by atoms with Crippen LogP contribution in [0.4, 0.5) is 0 Å². The van der Waals surface area contributed by atoms with Crippen molar-refractivity contribution in [2.45, 2.75) is 20.0 Å². The maximum absolute atomic E-state index is 10.2. The van der Waals surface area contributed by atoms with Crippen LogP contribution < -0.4 is 0 Å². The lowest BCUT2D eigenvalue weighted by Gasteiger charge is -2.13. The van der Waals surface area contributed by atoms with E-state index in [1.54, 1.807) is 6.20 Å². The maximum Gasteiger partial charge on any atom is 0.121 e. The van der Waals surface area contributed by atoms with Crippen LogP contribution >= 0.6 is 0 Å². The molecule has 0 bridgehead atoms. The van der Waals surface area contributed by atoms with Gasteiger partial charge >= 0.3 is 0 Å². The summed E-state index contributed by atoms with van der Waals surface area (Å²) in [5.41, 5.74) is 3.79. The van der Waals surface area contributed by atoms with Gasteiger partial charge in [0.25, 0.3) is 0 Å². The number of nitrogens with zero attached hydrogens (tertiary/aromatic N) is 1. The van der Waals surface area contributed by atoms with Crippen LogP contribution in [0, 0.1) is 13.8 Å². The zero-order valence-electron chi connectivity index (χ0n) is 9.51. The quantitative estimate of drug-likeness (QED) is 0.832. The van der Waals surface area contributed by atoms with Gasteiger partial charge in [-0.05, 0) is 36.6 Å². The SMILES string of the molecule is Cc1ccc(C(O)c2ccccc2C)nc1. The van der Waals surface area contributed by atoms with Crippen LogP contribution in [-0.4, -0.2) is 10.1 Å². The van der Waals surface area contributed by atoms with Crippen molar-refractivity contribution in [1.82, 2.24) is 4.98 Å². The number of pyridine rings is 1. The summed E-state index contributed by atoms with van der Waals surface area (Å²) in [7, 11) is 0. The number of hydrogen-bond donors (Lipinski definition) is 1. The highest BCUT2D eigenvalue weighted by Crippen LogP contribution is 2.22. The number of aryl methyl sites for hydroxylation is 2. The molecule has 0 fully saturated rings. The van der Waals surface area contributed by atoms with Crippen molar-refractivity contribution in [3.8, 4) is 0 Å². The lowest BCUT2D eigenvalue weighted by atomic mass is 10.0. The fourth-order valence-electron chi connectivity index (χ4n) is 1.69. The van der Waals surface area contributed by atoms with Gasteiger partial charge in [0, 0.05) is 6.20 Å². The predicted octanol–water partition coefficient (Wildman–Crippen LogP) is 2.78. The average molecular weight is 213 g/mol. The number of aromatic nitrogens is 1. The van der Waals surface area contributed by atoms with Gasteiger partial charge in [-0.2, -0.15) is 0 Å². The monoisotopic (exact) mass is 213 g/mol. The number of benzene rings is 1. The van der Waals surface area contributed by atoms with E-state index in [1.165, 1.54) is 0 Å². The molecule has 1 aromatic heterocycles. The fourth-order valence-corrected chi connectivity index (χ4v) is 1.69. The Bertz CT molecular complexity index is 476. The van der Waals surface area contributed by atoms with Gasteiger partial charge in [0.2, 0.25) is 0 Å². The molecule has 2 rings (SSSR count). The van der Waals surface area contributed by atoms with Crippen molar-refractivity contribution in [3.63, 3.8) is 0 Å². The van der Waals surface area contributed by atoms with Gasteiger partial charge < -0.3 is 5.11 Å². The van der Waals surface area contributed by atoms with Crippen LogP contribution in [0.25, 0.3) is 0 Å². The van der Waals surface area contributed by atoms with E-state index >= 15 is 0 Å². The second-order valence-corrected chi connectivity index (χ2v) is 4.02. The van der Waals surface area contributed by atoms with Gasteiger partial charge in [-0.3, -0.25) is 4.98 Å². The van der Waals surface area contributed by atoms with Gasteiger partial charge in [-0.15, -0.1) is 0 Å². The van der Waals surface area contributed by atoms with Crippen LogP contribution in [0.1, 0.15) is 28.5 Å². The highest BCUT2D eigenvalue weighted by molar-refractivity contribution is 5.32. The molecule has 0 saturated heterocycles. The molecule has 0 radical (unpaired) electrons. The number of rotatable bonds is 2. The van der Waals surface area contributed by atoms with Gasteiger partial charge in [0.05, 0.1) is 5.69 Å². The molecular weight excluding hydrogens is 198 g/mol. The Labute approximate surface area is 95.6 Å². The second kappa shape index (κ2) is 4.45. The molecule has 2 heteroatoms. The molecule has 0 amide bonds. The highest BCUT2D eigenvalue weighted by Gasteiger charge is 2.12. The van der Waals surface area contributed by atoms with Gasteiger partial charge in [-0.1, -0.05) is 30.3 Å². The zero-order chi connectivity index (χ0) is 11.5. The highest BCUT2D eigenvalue weighted by atomic mass is 16.3. The first-order valence-electron chi connectivity index (χ1n) is 5.34. The fraction of sp³-hybridized carbons (Fsp3) is 0.214. The molecule has 0 aliphatic heterocycles. The lowest BCUT2D eigenvalue weighted by Crippen LogP contribution is -2.03. The minimum absolute atomic E-state index is 0.637. The molecule has 1 atom stereocenters. The Balaban J connectivity index is 2.35. The Morgan fingerprint density at radius 1 is 1.06 bits per heavy atom. The van der Waals surface area contributed by atoms with Crippen molar-refractivity contribution >= 4 is 0 Å². The lowest BCUT2D eigenvalue weighted by molar-refractivity contribution is 0.214. The molecular formula is C14H15NO. The first-order valence-corrected chi connectivity index (χ1v) is 5.34. The van der Waals surface area contributed by atoms with Crippen molar-refractivity contribution in [2.24, 2.45) is 0 Å². The van der Waals surface area contributed by atoms with Crippen molar-refractivity contribution in [1.29, 1.82) is 0 Å². The smallest absolute Gasteiger partial charge is 0.121 e. The third-order valence-corrected chi connectivity index (χ3v) is 2.70. The molecule has 82 valence electrons. The summed E-state index contributed by atoms with van der Waals surface area (Å²) in [6.07, 6.45) is 1.14. The van der Waals surface area contributed by atoms with Crippen LogP contribution in [0.2, 0.25) is 0 Å². The topological polar surface area (TPSA) is 33.1 Å². The van der Waals surface area contributed by atoms with E-state index in [4.69, 9.17) is 0 Å². The van der Waals surface area contributed by atoms with Gasteiger partial charge in [0.1, 0.15) is 6.10 Å². The molecule has 2 nitrogen and oxygen atoms in total.